The first-order chi connectivity index (χ1) is 1.00. The van der Waals surface area contributed by atoms with Crippen LogP contribution in [0.2, 0.25) is 0 Å². The Kier molecular flexibility index (Phi) is 373. The molecule has 0 fully saturated rings. The van der Waals surface area contributed by atoms with Crippen molar-refractivity contribution in [2.75, 3.05) is 0 Å². The molecule has 0 saturated carbocycles. The molecule has 0 aromatic carbocycles. The van der Waals surface area contributed by atoms with E-state index < -0.39 is 0 Å². The molecule has 0 unspecified atom stereocenters. The Morgan fingerprint density at radius 3 is 1.25 bits per heavy atom. The number of rotatable bonds is 0. The van der Waals surface area contributed by atoms with Gasteiger partial charge in [0.25, 0.3) is 0 Å². The van der Waals surface area contributed by atoms with E-state index in [1.165, 1.54) is 0 Å². The van der Waals surface area contributed by atoms with Gasteiger partial charge in [-0.2, -0.15) is 0 Å². The third kappa shape index (κ3) is 17.9. The molecule has 0 amide bonds. The van der Waals surface area contributed by atoms with E-state index in [0.717, 1.165) is 0 Å². The SMILES string of the molecule is [C-]#N.[Co].[Zn+2]. The Bertz CT molecular complexity index is 12.8. The summed E-state index contributed by atoms with van der Waals surface area (Å²) in [7, 11) is 0. The van der Waals surface area contributed by atoms with Crippen LogP contribution >= 0.6 is 0 Å². The van der Waals surface area contributed by atoms with Crippen LogP contribution in [0.1, 0.15) is 0 Å². The molecule has 4 heavy (non-hydrogen) atoms. The maximum absolute atomic E-state index is 6.25. The Balaban J connectivity index is -0.00000000500. The van der Waals surface area contributed by atoms with Gasteiger partial charge in [-0.05, 0) is 0 Å². The third-order valence-electron chi connectivity index (χ3n) is 0. The zero-order valence-corrected chi connectivity index (χ0v) is 6.00. The van der Waals surface area contributed by atoms with Gasteiger partial charge in [0.1, 0.15) is 0 Å². The second-order valence-electron chi connectivity index (χ2n) is 0. The Hall–Kier alpha value is 0.620. The van der Waals surface area contributed by atoms with Gasteiger partial charge in [0.05, 0.1) is 0 Å². The maximum Gasteiger partial charge on any atom is 2.00 e. The summed E-state index contributed by atoms with van der Waals surface area (Å²) in [5, 5.41) is 6.25. The fourth-order valence-electron chi connectivity index (χ4n) is 0. The van der Waals surface area contributed by atoms with Crippen molar-refractivity contribution in [1.29, 1.82) is 5.26 Å². The van der Waals surface area contributed by atoms with Crippen molar-refractivity contribution in [3.05, 3.63) is 6.57 Å². The van der Waals surface area contributed by atoms with Gasteiger partial charge >= 0.3 is 19.5 Å². The first-order valence-electron chi connectivity index (χ1n) is 0.224. The quantitative estimate of drug-likeness (QED) is 0.355. The van der Waals surface area contributed by atoms with Gasteiger partial charge in [-0.25, -0.2) is 0 Å². The van der Waals surface area contributed by atoms with Crippen LogP contribution in [0, 0.1) is 11.8 Å². The molecule has 0 bridgehead atoms. The van der Waals surface area contributed by atoms with Crippen LogP contribution in [-0.4, -0.2) is 0 Å². The number of nitrogens with zero attached hydrogens (tertiary/aromatic N) is 1. The molecule has 0 saturated heterocycles. The van der Waals surface area contributed by atoms with E-state index in [1.54, 1.807) is 0 Å². The van der Waals surface area contributed by atoms with Crippen molar-refractivity contribution in [3.8, 4) is 0 Å². The average Bonchev–Trinajstić information content (AvgIpc) is 1.00. The summed E-state index contributed by atoms with van der Waals surface area (Å²) in [5.41, 5.74) is 0. The molecular weight excluding hydrogens is 150 g/mol. The summed E-state index contributed by atoms with van der Waals surface area (Å²) in [6.45, 7) is 4.75. The van der Waals surface area contributed by atoms with E-state index in [1.807, 2.05) is 0 Å². The third-order valence-corrected chi connectivity index (χ3v) is 0. The van der Waals surface area contributed by atoms with Crippen LogP contribution in [0.3, 0.4) is 0 Å². The zero-order valence-electron chi connectivity index (χ0n) is 1.99. The van der Waals surface area contributed by atoms with E-state index in [-0.39, 0.29) is 36.3 Å². The molecular formula is CCoNZn+. The minimum absolute atomic E-state index is 0. The summed E-state index contributed by atoms with van der Waals surface area (Å²) in [4.78, 5) is 0. The fraction of sp³-hybridized carbons (Fsp3) is 0. The van der Waals surface area contributed by atoms with E-state index in [9.17, 15) is 0 Å². The second-order valence-corrected chi connectivity index (χ2v) is 0. The summed E-state index contributed by atoms with van der Waals surface area (Å²) >= 11 is 0. The monoisotopic (exact) mass is 149 g/mol. The summed E-state index contributed by atoms with van der Waals surface area (Å²) < 4.78 is 0. The molecule has 1 radical (unpaired) electrons. The predicted octanol–water partition coefficient (Wildman–Crippen LogP) is 0.0914. The minimum Gasteiger partial charge on any atom is -0.512 e. The largest absolute Gasteiger partial charge is 2.00 e. The van der Waals surface area contributed by atoms with Crippen LogP contribution in [0.25, 0.3) is 0 Å². The zero-order chi connectivity index (χ0) is 2.00. The molecule has 0 aliphatic rings. The van der Waals surface area contributed by atoms with Gasteiger partial charge < -0.3 is 11.8 Å². The molecule has 0 aliphatic carbocycles. The first kappa shape index (κ1) is 23.1. The Labute approximate surface area is 48.3 Å². The van der Waals surface area contributed by atoms with E-state index in [4.69, 9.17) is 11.8 Å². The van der Waals surface area contributed by atoms with Gasteiger partial charge in [0.2, 0.25) is 0 Å². The summed E-state index contributed by atoms with van der Waals surface area (Å²) in [5.74, 6) is 0. The van der Waals surface area contributed by atoms with Crippen LogP contribution < -0.4 is 0 Å². The fourth-order valence-corrected chi connectivity index (χ4v) is 0. The molecule has 19 valence electrons. The van der Waals surface area contributed by atoms with Crippen LogP contribution in [0.4, 0.5) is 0 Å². The van der Waals surface area contributed by atoms with Gasteiger partial charge in [0.15, 0.2) is 0 Å². The normalized spacial score (nSPS) is 0.500. The molecule has 0 N–H and O–H groups in total. The standard InChI is InChI=1S/CN.Co.Zn/c1-2;;/q-1;;+2. The summed E-state index contributed by atoms with van der Waals surface area (Å²) in [6.07, 6.45) is 0. The van der Waals surface area contributed by atoms with Gasteiger partial charge in [0, 0.05) is 16.8 Å². The van der Waals surface area contributed by atoms with Crippen molar-refractivity contribution in [1.82, 2.24) is 0 Å². The molecule has 0 heterocycles. The summed E-state index contributed by atoms with van der Waals surface area (Å²) in [6, 6.07) is 0. The molecule has 0 aliphatic heterocycles. The van der Waals surface area contributed by atoms with Crippen LogP contribution in [-0.2, 0) is 36.3 Å². The van der Waals surface area contributed by atoms with Crippen LogP contribution in [0.5, 0.6) is 0 Å². The first-order valence-corrected chi connectivity index (χ1v) is 0.224. The van der Waals surface area contributed by atoms with Gasteiger partial charge in [-0.1, -0.05) is 0 Å². The second kappa shape index (κ2) is 64.7. The van der Waals surface area contributed by atoms with Crippen molar-refractivity contribution in [2.24, 2.45) is 0 Å². The molecule has 0 aromatic rings. The van der Waals surface area contributed by atoms with E-state index in [0.29, 0.717) is 0 Å². The average molecular weight is 150 g/mol. The Morgan fingerprint density at radius 1 is 1.25 bits per heavy atom. The molecule has 0 spiro atoms. The van der Waals surface area contributed by atoms with Crippen LogP contribution in [0.15, 0.2) is 0 Å². The molecule has 1 nitrogen and oxygen atoms in total. The minimum atomic E-state index is 0. The number of hydrogen-bond acceptors (Lipinski definition) is 1. The predicted molar refractivity (Wildman–Crippen MR) is 4.97 cm³/mol. The molecule has 0 aromatic heterocycles. The molecule has 3 heteroatoms. The van der Waals surface area contributed by atoms with Crippen molar-refractivity contribution < 1.29 is 36.3 Å². The smallest absolute Gasteiger partial charge is 0.512 e. The maximum atomic E-state index is 6.25. The van der Waals surface area contributed by atoms with Crippen molar-refractivity contribution in [2.45, 2.75) is 0 Å². The van der Waals surface area contributed by atoms with E-state index in [2.05, 4.69) is 0 Å². The van der Waals surface area contributed by atoms with Gasteiger partial charge in [-0.15, -0.1) is 0 Å². The molecule has 0 atom stereocenters. The van der Waals surface area contributed by atoms with Gasteiger partial charge in [-0.3, -0.25) is 0 Å². The number of hydrogen-bond donors (Lipinski definition) is 0. The molecule has 0 rings (SSSR count). The topological polar surface area (TPSA) is 23.8 Å². The van der Waals surface area contributed by atoms with Crippen molar-refractivity contribution >= 4 is 0 Å². The Morgan fingerprint density at radius 2 is 1.25 bits per heavy atom. The van der Waals surface area contributed by atoms with Crippen molar-refractivity contribution in [3.63, 3.8) is 0 Å². The van der Waals surface area contributed by atoms with E-state index >= 15 is 0 Å².